The molecule has 2 aliphatic rings. The minimum absolute atomic E-state index is 0.0107. The SMILES string of the molecule is CC(C)C1CCCC2(CC1)CC2C(=O)O. The van der Waals surface area contributed by atoms with Gasteiger partial charge in [-0.05, 0) is 42.9 Å². The molecule has 2 rings (SSSR count). The zero-order valence-corrected chi connectivity index (χ0v) is 9.83. The Kier molecular flexibility index (Phi) is 2.78. The van der Waals surface area contributed by atoms with Gasteiger partial charge in [0.1, 0.15) is 0 Å². The topological polar surface area (TPSA) is 37.3 Å². The summed E-state index contributed by atoms with van der Waals surface area (Å²) in [4.78, 5) is 11.0. The summed E-state index contributed by atoms with van der Waals surface area (Å²) in [6.45, 7) is 4.59. The van der Waals surface area contributed by atoms with E-state index in [1.165, 1.54) is 19.3 Å². The van der Waals surface area contributed by atoms with Crippen molar-refractivity contribution >= 4 is 5.97 Å². The van der Waals surface area contributed by atoms with Gasteiger partial charge in [-0.15, -0.1) is 0 Å². The second-order valence-electron chi connectivity index (χ2n) is 5.89. The normalized spacial score (nSPS) is 40.5. The van der Waals surface area contributed by atoms with Crippen LogP contribution in [0.25, 0.3) is 0 Å². The highest BCUT2D eigenvalue weighted by atomic mass is 16.4. The molecule has 0 amide bonds. The first-order valence-electron chi connectivity index (χ1n) is 6.28. The first-order chi connectivity index (χ1) is 7.05. The number of hydrogen-bond donors (Lipinski definition) is 1. The number of hydrogen-bond acceptors (Lipinski definition) is 1. The van der Waals surface area contributed by atoms with Crippen LogP contribution in [0.5, 0.6) is 0 Å². The van der Waals surface area contributed by atoms with Crippen molar-refractivity contribution in [3.63, 3.8) is 0 Å². The summed E-state index contributed by atoms with van der Waals surface area (Å²) >= 11 is 0. The quantitative estimate of drug-likeness (QED) is 0.759. The first-order valence-corrected chi connectivity index (χ1v) is 6.28. The Hall–Kier alpha value is -0.530. The number of rotatable bonds is 2. The van der Waals surface area contributed by atoms with Gasteiger partial charge in [-0.2, -0.15) is 0 Å². The second-order valence-corrected chi connectivity index (χ2v) is 5.89. The Labute approximate surface area is 92.1 Å². The Morgan fingerprint density at radius 3 is 2.60 bits per heavy atom. The molecule has 0 radical (unpaired) electrons. The van der Waals surface area contributed by atoms with Gasteiger partial charge in [0, 0.05) is 0 Å². The van der Waals surface area contributed by atoms with Gasteiger partial charge in [0.2, 0.25) is 0 Å². The van der Waals surface area contributed by atoms with E-state index in [0.29, 0.717) is 0 Å². The molecule has 2 saturated carbocycles. The van der Waals surface area contributed by atoms with Gasteiger partial charge in [0.15, 0.2) is 0 Å². The number of carbonyl (C=O) groups is 1. The van der Waals surface area contributed by atoms with Crippen molar-refractivity contribution in [1.82, 2.24) is 0 Å². The molecule has 0 aromatic carbocycles. The monoisotopic (exact) mass is 210 g/mol. The van der Waals surface area contributed by atoms with E-state index in [1.807, 2.05) is 0 Å². The van der Waals surface area contributed by atoms with Crippen molar-refractivity contribution in [3.05, 3.63) is 0 Å². The standard InChI is InChI=1S/C13H22O2/c1-9(2)10-4-3-6-13(7-5-10)8-11(13)12(14)15/h9-11H,3-8H2,1-2H3,(H,14,15). The summed E-state index contributed by atoms with van der Waals surface area (Å²) in [7, 11) is 0. The van der Waals surface area contributed by atoms with Crippen LogP contribution in [-0.2, 0) is 4.79 Å². The van der Waals surface area contributed by atoms with Gasteiger partial charge in [0.25, 0.3) is 0 Å². The van der Waals surface area contributed by atoms with Gasteiger partial charge in [-0.25, -0.2) is 0 Å². The molecule has 2 fully saturated rings. The molecular formula is C13H22O2. The summed E-state index contributed by atoms with van der Waals surface area (Å²) in [6, 6.07) is 0. The van der Waals surface area contributed by atoms with E-state index in [0.717, 1.165) is 31.1 Å². The fourth-order valence-corrected chi connectivity index (χ4v) is 3.37. The highest BCUT2D eigenvalue weighted by molar-refractivity contribution is 5.74. The molecule has 0 bridgehead atoms. The van der Waals surface area contributed by atoms with Crippen molar-refractivity contribution in [1.29, 1.82) is 0 Å². The molecule has 1 spiro atoms. The fourth-order valence-electron chi connectivity index (χ4n) is 3.37. The molecule has 3 unspecified atom stereocenters. The van der Waals surface area contributed by atoms with Crippen molar-refractivity contribution in [3.8, 4) is 0 Å². The summed E-state index contributed by atoms with van der Waals surface area (Å²) in [5.41, 5.74) is 0.218. The van der Waals surface area contributed by atoms with E-state index < -0.39 is 5.97 Å². The van der Waals surface area contributed by atoms with Gasteiger partial charge in [0.05, 0.1) is 5.92 Å². The maximum Gasteiger partial charge on any atom is 0.307 e. The Balaban J connectivity index is 1.94. The van der Waals surface area contributed by atoms with E-state index in [4.69, 9.17) is 5.11 Å². The lowest BCUT2D eigenvalue weighted by Gasteiger charge is -2.18. The average molecular weight is 210 g/mol. The molecule has 3 atom stereocenters. The van der Waals surface area contributed by atoms with E-state index in [2.05, 4.69) is 13.8 Å². The lowest BCUT2D eigenvalue weighted by molar-refractivity contribution is -0.139. The Morgan fingerprint density at radius 2 is 2.07 bits per heavy atom. The van der Waals surface area contributed by atoms with Crippen LogP contribution in [0.1, 0.15) is 52.4 Å². The van der Waals surface area contributed by atoms with Crippen LogP contribution in [-0.4, -0.2) is 11.1 Å². The first kappa shape index (κ1) is 11.0. The molecule has 86 valence electrons. The van der Waals surface area contributed by atoms with Gasteiger partial charge >= 0.3 is 5.97 Å². The van der Waals surface area contributed by atoms with E-state index in [1.54, 1.807) is 0 Å². The van der Waals surface area contributed by atoms with Gasteiger partial charge < -0.3 is 5.11 Å². The zero-order valence-electron chi connectivity index (χ0n) is 9.83. The van der Waals surface area contributed by atoms with Crippen molar-refractivity contribution in [2.75, 3.05) is 0 Å². The summed E-state index contributed by atoms with van der Waals surface area (Å²) < 4.78 is 0. The summed E-state index contributed by atoms with van der Waals surface area (Å²) in [5.74, 6) is 1.03. The van der Waals surface area contributed by atoms with Gasteiger partial charge in [-0.1, -0.05) is 26.7 Å². The smallest absolute Gasteiger partial charge is 0.307 e. The van der Waals surface area contributed by atoms with Crippen molar-refractivity contribution in [2.24, 2.45) is 23.2 Å². The maximum absolute atomic E-state index is 11.0. The van der Waals surface area contributed by atoms with Crippen LogP contribution in [0.15, 0.2) is 0 Å². The lowest BCUT2D eigenvalue weighted by atomic mass is 9.87. The van der Waals surface area contributed by atoms with Crippen LogP contribution >= 0.6 is 0 Å². The Bertz CT molecular complexity index is 259. The van der Waals surface area contributed by atoms with E-state index >= 15 is 0 Å². The van der Waals surface area contributed by atoms with Crippen LogP contribution in [0.2, 0.25) is 0 Å². The predicted octanol–water partition coefficient (Wildman–Crippen LogP) is 3.31. The third-order valence-corrected chi connectivity index (χ3v) is 4.69. The summed E-state index contributed by atoms with van der Waals surface area (Å²) in [6.07, 6.45) is 7.08. The Morgan fingerprint density at radius 1 is 1.33 bits per heavy atom. The third-order valence-electron chi connectivity index (χ3n) is 4.69. The minimum Gasteiger partial charge on any atom is -0.481 e. The largest absolute Gasteiger partial charge is 0.481 e. The molecule has 0 saturated heterocycles. The van der Waals surface area contributed by atoms with E-state index in [9.17, 15) is 4.79 Å². The second kappa shape index (κ2) is 3.80. The van der Waals surface area contributed by atoms with Crippen LogP contribution in [0, 0.1) is 23.2 Å². The molecule has 0 aromatic rings. The number of carboxylic acid groups (broad SMARTS) is 1. The maximum atomic E-state index is 11.0. The van der Waals surface area contributed by atoms with Gasteiger partial charge in [-0.3, -0.25) is 4.79 Å². The highest BCUT2D eigenvalue weighted by Crippen LogP contribution is 2.61. The third kappa shape index (κ3) is 2.04. The summed E-state index contributed by atoms with van der Waals surface area (Å²) in [5, 5.41) is 9.04. The lowest BCUT2D eigenvalue weighted by Crippen LogP contribution is -2.11. The molecule has 15 heavy (non-hydrogen) atoms. The molecular weight excluding hydrogens is 188 g/mol. The predicted molar refractivity (Wildman–Crippen MR) is 59.6 cm³/mol. The average Bonchev–Trinajstić information content (AvgIpc) is 2.90. The molecule has 2 heteroatoms. The molecule has 2 nitrogen and oxygen atoms in total. The van der Waals surface area contributed by atoms with Crippen LogP contribution < -0.4 is 0 Å². The number of carboxylic acids is 1. The van der Waals surface area contributed by atoms with E-state index in [-0.39, 0.29) is 11.3 Å². The molecule has 0 aliphatic heterocycles. The van der Waals surface area contributed by atoms with Crippen LogP contribution in [0.4, 0.5) is 0 Å². The molecule has 2 aliphatic carbocycles. The zero-order chi connectivity index (χ0) is 11.1. The molecule has 0 aromatic heterocycles. The number of aliphatic carboxylic acids is 1. The van der Waals surface area contributed by atoms with Crippen molar-refractivity contribution in [2.45, 2.75) is 52.4 Å². The minimum atomic E-state index is -0.557. The van der Waals surface area contributed by atoms with Crippen LogP contribution in [0.3, 0.4) is 0 Å². The van der Waals surface area contributed by atoms with Crippen molar-refractivity contribution < 1.29 is 9.90 Å². The molecule has 0 heterocycles. The molecule has 1 N–H and O–H groups in total. The highest BCUT2D eigenvalue weighted by Gasteiger charge is 2.57. The fraction of sp³-hybridized carbons (Fsp3) is 0.923.